The van der Waals surface area contributed by atoms with Gasteiger partial charge in [-0.25, -0.2) is 0 Å². The number of carbonyl (C=O) groups excluding carboxylic acids is 1. The molecule has 0 bridgehead atoms. The maximum Gasteiger partial charge on any atom is 0.305 e. The molecule has 1 N–H and O–H groups in total. The Labute approximate surface area is 124 Å². The molecule has 1 aliphatic rings. The molecule has 0 spiro atoms. The fourth-order valence-corrected chi connectivity index (χ4v) is 2.92. The molecule has 0 radical (unpaired) electrons. The zero-order chi connectivity index (χ0) is 15.0. The van der Waals surface area contributed by atoms with Gasteiger partial charge >= 0.3 is 5.97 Å². The largest absolute Gasteiger partial charge is 0.469 e. The highest BCUT2D eigenvalue weighted by molar-refractivity contribution is 5.69. The van der Waals surface area contributed by atoms with Gasteiger partial charge in [0.1, 0.15) is 0 Å². The summed E-state index contributed by atoms with van der Waals surface area (Å²) < 4.78 is 4.74. The number of likely N-dealkylation sites (N-methyl/N-ethyl adjacent to an activating group) is 1. The van der Waals surface area contributed by atoms with E-state index in [0.717, 1.165) is 38.5 Å². The maximum atomic E-state index is 11.3. The number of ether oxygens (including phenoxy) is 1. The van der Waals surface area contributed by atoms with Gasteiger partial charge in [-0.3, -0.25) is 4.79 Å². The molecule has 2 atom stereocenters. The van der Waals surface area contributed by atoms with Crippen LogP contribution in [0.3, 0.4) is 0 Å². The van der Waals surface area contributed by atoms with Crippen LogP contribution in [-0.2, 0) is 9.53 Å². The van der Waals surface area contributed by atoms with Crippen molar-refractivity contribution in [3.8, 4) is 0 Å². The molecule has 1 aliphatic heterocycles. The van der Waals surface area contributed by atoms with Crippen LogP contribution in [0, 0.1) is 11.8 Å². The van der Waals surface area contributed by atoms with Crippen molar-refractivity contribution in [2.24, 2.45) is 11.8 Å². The normalized spacial score (nSPS) is 24.1. The molecule has 4 nitrogen and oxygen atoms in total. The number of carbonyl (C=O) groups is 1. The lowest BCUT2D eigenvalue weighted by atomic mass is 9.90. The Morgan fingerprint density at radius 1 is 1.40 bits per heavy atom. The van der Waals surface area contributed by atoms with Crippen molar-refractivity contribution in [1.29, 1.82) is 0 Å². The van der Waals surface area contributed by atoms with Crippen LogP contribution >= 0.6 is 0 Å². The minimum Gasteiger partial charge on any atom is -0.469 e. The van der Waals surface area contributed by atoms with Gasteiger partial charge in [-0.2, -0.15) is 0 Å². The molecular weight excluding hydrogens is 252 g/mol. The first-order valence-electron chi connectivity index (χ1n) is 8.07. The van der Waals surface area contributed by atoms with E-state index in [0.29, 0.717) is 18.4 Å². The number of esters is 1. The highest BCUT2D eigenvalue weighted by Crippen LogP contribution is 2.21. The van der Waals surface area contributed by atoms with Crippen LogP contribution in [0.25, 0.3) is 0 Å². The van der Waals surface area contributed by atoms with Crippen molar-refractivity contribution in [2.45, 2.75) is 52.5 Å². The fraction of sp³-hybridized carbons (Fsp3) is 0.938. The van der Waals surface area contributed by atoms with Crippen molar-refractivity contribution in [3.05, 3.63) is 0 Å². The predicted molar refractivity (Wildman–Crippen MR) is 82.7 cm³/mol. The smallest absolute Gasteiger partial charge is 0.305 e. The van der Waals surface area contributed by atoms with Crippen LogP contribution in [0.4, 0.5) is 0 Å². The number of piperidine rings is 1. The van der Waals surface area contributed by atoms with E-state index >= 15 is 0 Å². The summed E-state index contributed by atoms with van der Waals surface area (Å²) in [6, 6.07) is 0.574. The molecule has 0 aromatic rings. The molecule has 0 aromatic carbocycles. The molecule has 0 amide bonds. The summed E-state index contributed by atoms with van der Waals surface area (Å²) in [5, 5.41) is 3.69. The summed E-state index contributed by atoms with van der Waals surface area (Å²) in [6.07, 6.45) is 3.92. The SMILES string of the molecule is CCN1CC(CCC(=O)OC)CC(NCCC(C)C)C1. The Kier molecular flexibility index (Phi) is 8.15. The van der Waals surface area contributed by atoms with Gasteiger partial charge < -0.3 is 15.0 Å². The number of nitrogens with one attached hydrogen (secondary N) is 1. The molecule has 4 heteroatoms. The first-order chi connectivity index (χ1) is 9.55. The second-order valence-corrected chi connectivity index (χ2v) is 6.40. The number of likely N-dealkylation sites (tertiary alicyclic amines) is 1. The van der Waals surface area contributed by atoms with Gasteiger partial charge in [-0.1, -0.05) is 20.8 Å². The van der Waals surface area contributed by atoms with E-state index in [4.69, 9.17) is 4.74 Å². The topological polar surface area (TPSA) is 41.6 Å². The number of nitrogens with zero attached hydrogens (tertiary/aromatic N) is 1. The number of hydrogen-bond donors (Lipinski definition) is 1. The van der Waals surface area contributed by atoms with Crippen LogP contribution in [-0.4, -0.2) is 50.2 Å². The Balaban J connectivity index is 2.36. The lowest BCUT2D eigenvalue weighted by molar-refractivity contribution is -0.141. The molecule has 1 heterocycles. The second kappa shape index (κ2) is 9.35. The highest BCUT2D eigenvalue weighted by atomic mass is 16.5. The Bertz CT molecular complexity index is 282. The average molecular weight is 284 g/mol. The molecule has 1 fully saturated rings. The van der Waals surface area contributed by atoms with Crippen LogP contribution < -0.4 is 5.32 Å². The van der Waals surface area contributed by atoms with Crippen LogP contribution in [0.5, 0.6) is 0 Å². The van der Waals surface area contributed by atoms with Crippen molar-refractivity contribution in [2.75, 3.05) is 33.3 Å². The zero-order valence-electron chi connectivity index (χ0n) is 13.7. The summed E-state index contributed by atoms with van der Waals surface area (Å²) in [6.45, 7) is 11.2. The molecule has 0 aliphatic carbocycles. The monoisotopic (exact) mass is 284 g/mol. The van der Waals surface area contributed by atoms with E-state index in [9.17, 15) is 4.79 Å². The van der Waals surface area contributed by atoms with E-state index in [1.54, 1.807) is 0 Å². The van der Waals surface area contributed by atoms with E-state index in [1.165, 1.54) is 20.0 Å². The van der Waals surface area contributed by atoms with Gasteiger partial charge in [0, 0.05) is 25.6 Å². The van der Waals surface area contributed by atoms with Gasteiger partial charge in [0.25, 0.3) is 0 Å². The lowest BCUT2D eigenvalue weighted by Crippen LogP contribution is -2.49. The number of hydrogen-bond acceptors (Lipinski definition) is 4. The first kappa shape index (κ1) is 17.4. The minimum atomic E-state index is -0.0806. The van der Waals surface area contributed by atoms with Gasteiger partial charge in [0.15, 0.2) is 0 Å². The molecule has 1 rings (SSSR count). The molecule has 2 unspecified atom stereocenters. The molecule has 0 aromatic heterocycles. The second-order valence-electron chi connectivity index (χ2n) is 6.40. The molecular formula is C16H32N2O2. The van der Waals surface area contributed by atoms with E-state index in [-0.39, 0.29) is 5.97 Å². The summed E-state index contributed by atoms with van der Waals surface area (Å²) in [4.78, 5) is 13.8. The first-order valence-corrected chi connectivity index (χ1v) is 8.07. The summed E-state index contributed by atoms with van der Waals surface area (Å²) in [5.74, 6) is 1.28. The van der Waals surface area contributed by atoms with E-state index in [2.05, 4.69) is 31.0 Å². The third-order valence-electron chi connectivity index (χ3n) is 4.20. The zero-order valence-corrected chi connectivity index (χ0v) is 13.7. The minimum absolute atomic E-state index is 0.0806. The van der Waals surface area contributed by atoms with Crippen LogP contribution in [0.2, 0.25) is 0 Å². The quantitative estimate of drug-likeness (QED) is 0.694. The third-order valence-corrected chi connectivity index (χ3v) is 4.20. The molecule has 1 saturated heterocycles. The van der Waals surface area contributed by atoms with Gasteiger partial charge in [0.2, 0.25) is 0 Å². The Hall–Kier alpha value is -0.610. The lowest BCUT2D eigenvalue weighted by Gasteiger charge is -2.38. The Morgan fingerprint density at radius 3 is 2.75 bits per heavy atom. The van der Waals surface area contributed by atoms with E-state index < -0.39 is 0 Å². The third kappa shape index (κ3) is 6.71. The average Bonchev–Trinajstić information content (AvgIpc) is 2.44. The van der Waals surface area contributed by atoms with Gasteiger partial charge in [0.05, 0.1) is 7.11 Å². The van der Waals surface area contributed by atoms with Gasteiger partial charge in [-0.15, -0.1) is 0 Å². The summed E-state index contributed by atoms with van der Waals surface area (Å²) >= 11 is 0. The predicted octanol–water partition coefficient (Wildman–Crippen LogP) is 2.29. The number of rotatable bonds is 8. The fourth-order valence-electron chi connectivity index (χ4n) is 2.92. The Morgan fingerprint density at radius 2 is 2.15 bits per heavy atom. The van der Waals surface area contributed by atoms with Crippen LogP contribution in [0.15, 0.2) is 0 Å². The van der Waals surface area contributed by atoms with Crippen molar-refractivity contribution in [3.63, 3.8) is 0 Å². The maximum absolute atomic E-state index is 11.3. The van der Waals surface area contributed by atoms with Crippen molar-refractivity contribution < 1.29 is 9.53 Å². The van der Waals surface area contributed by atoms with E-state index in [1.807, 2.05) is 0 Å². The molecule has 20 heavy (non-hydrogen) atoms. The van der Waals surface area contributed by atoms with Crippen molar-refractivity contribution >= 4 is 5.97 Å². The summed E-state index contributed by atoms with van der Waals surface area (Å²) in [5.41, 5.74) is 0. The standard InChI is InChI=1S/C16H32N2O2/c1-5-18-11-14(6-7-16(19)20-4)10-15(12-18)17-9-8-13(2)3/h13-15,17H,5-12H2,1-4H3. The van der Waals surface area contributed by atoms with Crippen LogP contribution in [0.1, 0.15) is 46.5 Å². The molecule has 0 saturated carbocycles. The number of methoxy groups -OCH3 is 1. The van der Waals surface area contributed by atoms with Gasteiger partial charge in [-0.05, 0) is 44.2 Å². The summed E-state index contributed by atoms with van der Waals surface area (Å²) in [7, 11) is 1.47. The highest BCUT2D eigenvalue weighted by Gasteiger charge is 2.26. The van der Waals surface area contributed by atoms with Crippen molar-refractivity contribution in [1.82, 2.24) is 10.2 Å². The molecule has 118 valence electrons.